The molecule has 0 saturated carbocycles. The fourth-order valence-electron chi connectivity index (χ4n) is 5.57. The van der Waals surface area contributed by atoms with Crippen molar-refractivity contribution in [1.29, 1.82) is 0 Å². The molecule has 1 aromatic heterocycles. The number of nitrogens with one attached hydrogen (secondary N) is 1. The largest absolute Gasteiger partial charge is 0.497 e. The molecule has 1 saturated heterocycles. The van der Waals surface area contributed by atoms with Crippen molar-refractivity contribution < 1.29 is 34.0 Å². The predicted molar refractivity (Wildman–Crippen MR) is 155 cm³/mol. The number of H-pyrrole nitrogens is 1. The third kappa shape index (κ3) is 5.82. The van der Waals surface area contributed by atoms with E-state index in [0.29, 0.717) is 11.5 Å². The molecular formula is C32H32N2O9. The molecule has 11 nitrogen and oxygen atoms in total. The lowest BCUT2D eigenvalue weighted by Gasteiger charge is -2.37. The quantitative estimate of drug-likeness (QED) is 0.225. The molecule has 43 heavy (non-hydrogen) atoms. The van der Waals surface area contributed by atoms with Gasteiger partial charge in [-0.05, 0) is 41.0 Å². The molecule has 4 aromatic rings. The number of hydrogen-bond acceptors (Lipinski definition) is 8. The Kier molecular flexibility index (Phi) is 8.76. The Labute approximate surface area is 246 Å². The van der Waals surface area contributed by atoms with Gasteiger partial charge in [0.05, 0.1) is 33.4 Å². The average molecular weight is 589 g/mol. The van der Waals surface area contributed by atoms with Gasteiger partial charge in [0.25, 0.3) is 5.56 Å². The van der Waals surface area contributed by atoms with Gasteiger partial charge in [-0.2, -0.15) is 0 Å². The van der Waals surface area contributed by atoms with Crippen LogP contribution in [0.25, 0.3) is 0 Å². The summed E-state index contributed by atoms with van der Waals surface area (Å²) in [6.07, 6.45) is -3.13. The monoisotopic (exact) mass is 588 g/mol. The summed E-state index contributed by atoms with van der Waals surface area (Å²) >= 11 is 0. The van der Waals surface area contributed by atoms with Crippen LogP contribution in [0.15, 0.2) is 101 Å². The van der Waals surface area contributed by atoms with Crippen LogP contribution in [0.5, 0.6) is 11.5 Å². The number of carboxylic acid groups (broad SMARTS) is 1. The summed E-state index contributed by atoms with van der Waals surface area (Å²) in [6.45, 7) is -0.222. The van der Waals surface area contributed by atoms with E-state index in [1.165, 1.54) is 6.20 Å². The Bertz CT molecular complexity index is 1570. The molecule has 2 heterocycles. The predicted octanol–water partition coefficient (Wildman–Crippen LogP) is 2.91. The molecular weight excluding hydrogens is 556 g/mol. The van der Waals surface area contributed by atoms with Crippen LogP contribution in [-0.2, 0) is 19.9 Å². The highest BCUT2D eigenvalue weighted by Crippen LogP contribution is 2.43. The number of aliphatic hydroxyl groups is 1. The number of aromatic nitrogens is 2. The zero-order valence-corrected chi connectivity index (χ0v) is 23.6. The van der Waals surface area contributed by atoms with E-state index >= 15 is 0 Å². The maximum absolute atomic E-state index is 12.6. The van der Waals surface area contributed by atoms with E-state index in [1.807, 2.05) is 78.9 Å². The van der Waals surface area contributed by atoms with Crippen LogP contribution in [0.1, 0.15) is 29.3 Å². The van der Waals surface area contributed by atoms with Gasteiger partial charge in [0.15, 0.2) is 0 Å². The lowest BCUT2D eigenvalue weighted by atomic mass is 9.80. The number of rotatable bonds is 11. The average Bonchev–Trinajstić information content (AvgIpc) is 3.32. The molecule has 0 amide bonds. The molecule has 0 aliphatic carbocycles. The van der Waals surface area contributed by atoms with Crippen molar-refractivity contribution in [2.24, 2.45) is 5.92 Å². The highest BCUT2D eigenvalue weighted by molar-refractivity contribution is 5.67. The number of aliphatic hydroxyl groups excluding tert-OH is 1. The first kappa shape index (κ1) is 29.8. The molecule has 4 atom stereocenters. The number of carboxylic acids is 1. The second kappa shape index (κ2) is 12.7. The minimum Gasteiger partial charge on any atom is -0.497 e. The number of benzene rings is 3. The summed E-state index contributed by atoms with van der Waals surface area (Å²) in [5.41, 5.74) is -0.445. The fraction of sp³-hybridized carbons (Fsp3) is 0.281. The first-order valence-corrected chi connectivity index (χ1v) is 13.6. The first-order chi connectivity index (χ1) is 20.8. The zero-order chi connectivity index (χ0) is 30.6. The second-order valence-corrected chi connectivity index (χ2v) is 10.1. The SMILES string of the molecule is COc1ccc(C(OC[C@H]2O[C@@H](n3c(=O)cc[nH]c3=O)[C@H](CC(=O)O)C2O)(c2ccccc2)c2ccc(OC)cc2)cc1. The molecule has 3 N–H and O–H groups in total. The van der Waals surface area contributed by atoms with E-state index in [2.05, 4.69) is 4.98 Å². The van der Waals surface area contributed by atoms with Crippen LogP contribution in [0.3, 0.4) is 0 Å². The van der Waals surface area contributed by atoms with Gasteiger partial charge >= 0.3 is 11.7 Å². The molecule has 5 rings (SSSR count). The van der Waals surface area contributed by atoms with Gasteiger partial charge in [0.1, 0.15) is 29.4 Å². The van der Waals surface area contributed by atoms with Crippen molar-refractivity contribution in [3.63, 3.8) is 0 Å². The van der Waals surface area contributed by atoms with Crippen molar-refractivity contribution in [3.8, 4) is 11.5 Å². The highest BCUT2D eigenvalue weighted by atomic mass is 16.6. The molecule has 0 spiro atoms. The molecule has 3 aromatic carbocycles. The van der Waals surface area contributed by atoms with Crippen molar-refractivity contribution in [1.82, 2.24) is 9.55 Å². The number of hydrogen-bond donors (Lipinski definition) is 3. The molecule has 1 aliphatic rings. The summed E-state index contributed by atoms with van der Waals surface area (Å²) in [5.74, 6) is -1.02. The molecule has 1 aliphatic heterocycles. The maximum Gasteiger partial charge on any atom is 0.330 e. The van der Waals surface area contributed by atoms with E-state index in [-0.39, 0.29) is 6.61 Å². The van der Waals surface area contributed by atoms with Gasteiger partial charge in [0.2, 0.25) is 0 Å². The van der Waals surface area contributed by atoms with E-state index in [4.69, 9.17) is 18.9 Å². The number of nitrogens with zero attached hydrogens (tertiary/aromatic N) is 1. The second-order valence-electron chi connectivity index (χ2n) is 10.1. The zero-order valence-electron chi connectivity index (χ0n) is 23.6. The molecule has 11 heteroatoms. The van der Waals surface area contributed by atoms with Crippen LogP contribution >= 0.6 is 0 Å². The van der Waals surface area contributed by atoms with Gasteiger partial charge < -0.3 is 34.1 Å². The standard InChI is InChI=1S/C32H32N2O9/c1-40-23-12-8-21(9-13-23)32(20-6-4-3-5-7-20,22-10-14-24(41-2)15-11-22)42-19-26-29(38)25(18-28(36)37)30(43-26)34-27(35)16-17-33-31(34)39/h3-17,25-26,29-30,38H,18-19H2,1-2H3,(H,33,39)(H,36,37)/t25-,26-,29?,30-/m1/s1. The lowest BCUT2D eigenvalue weighted by molar-refractivity contribution is -0.139. The Balaban J connectivity index is 1.59. The third-order valence-corrected chi connectivity index (χ3v) is 7.69. The van der Waals surface area contributed by atoms with Gasteiger partial charge in [-0.1, -0.05) is 54.6 Å². The Morgan fingerprint density at radius 2 is 1.44 bits per heavy atom. The highest BCUT2D eigenvalue weighted by Gasteiger charge is 2.48. The van der Waals surface area contributed by atoms with E-state index in [0.717, 1.165) is 27.3 Å². The minimum atomic E-state index is -1.37. The summed E-state index contributed by atoms with van der Waals surface area (Å²) in [4.78, 5) is 39.4. The third-order valence-electron chi connectivity index (χ3n) is 7.69. The maximum atomic E-state index is 12.6. The summed E-state index contributed by atoms with van der Waals surface area (Å²) in [6, 6.07) is 25.4. The number of aliphatic carboxylic acids is 1. The number of ether oxygens (including phenoxy) is 4. The van der Waals surface area contributed by atoms with Crippen LogP contribution < -0.4 is 20.7 Å². The van der Waals surface area contributed by atoms with Gasteiger partial charge in [-0.3, -0.25) is 9.59 Å². The van der Waals surface area contributed by atoms with Gasteiger partial charge in [0, 0.05) is 18.2 Å². The lowest BCUT2D eigenvalue weighted by Crippen LogP contribution is -2.40. The topological polar surface area (TPSA) is 149 Å². The number of aromatic amines is 1. The summed E-state index contributed by atoms with van der Waals surface area (Å²) in [5, 5.41) is 20.9. The molecule has 224 valence electrons. The number of methoxy groups -OCH3 is 2. The van der Waals surface area contributed by atoms with Crippen LogP contribution in [0.4, 0.5) is 0 Å². The van der Waals surface area contributed by atoms with Crippen molar-refractivity contribution in [2.45, 2.75) is 30.5 Å². The fourth-order valence-corrected chi connectivity index (χ4v) is 5.57. The summed E-state index contributed by atoms with van der Waals surface area (Å²) < 4.78 is 24.4. The van der Waals surface area contributed by atoms with E-state index in [1.54, 1.807) is 14.2 Å². The molecule has 1 fully saturated rings. The van der Waals surface area contributed by atoms with Crippen LogP contribution in [-0.4, -0.2) is 58.8 Å². The number of carbonyl (C=O) groups is 1. The minimum absolute atomic E-state index is 0.222. The van der Waals surface area contributed by atoms with E-state index in [9.17, 15) is 24.6 Å². The summed E-state index contributed by atoms with van der Waals surface area (Å²) in [7, 11) is 3.15. The van der Waals surface area contributed by atoms with Crippen molar-refractivity contribution in [2.75, 3.05) is 20.8 Å². The van der Waals surface area contributed by atoms with Gasteiger partial charge in [-0.15, -0.1) is 0 Å². The molecule has 1 unspecified atom stereocenters. The normalized spacial score (nSPS) is 20.1. The van der Waals surface area contributed by atoms with Gasteiger partial charge in [-0.25, -0.2) is 9.36 Å². The first-order valence-electron chi connectivity index (χ1n) is 13.6. The molecule has 0 radical (unpaired) electrons. The Morgan fingerprint density at radius 1 is 0.884 bits per heavy atom. The smallest absolute Gasteiger partial charge is 0.330 e. The Hall–Kier alpha value is -4.71. The van der Waals surface area contributed by atoms with Crippen LogP contribution in [0, 0.1) is 5.92 Å². The Morgan fingerprint density at radius 3 is 1.95 bits per heavy atom. The molecule has 0 bridgehead atoms. The van der Waals surface area contributed by atoms with Crippen molar-refractivity contribution in [3.05, 3.63) is 129 Å². The van der Waals surface area contributed by atoms with Crippen molar-refractivity contribution >= 4 is 5.97 Å². The van der Waals surface area contributed by atoms with E-state index < -0.39 is 53.6 Å². The van der Waals surface area contributed by atoms with Crippen LogP contribution in [0.2, 0.25) is 0 Å².